The summed E-state index contributed by atoms with van der Waals surface area (Å²) in [7, 11) is 1.71. The van der Waals surface area contributed by atoms with Crippen LogP contribution < -0.4 is 0 Å². The van der Waals surface area contributed by atoms with E-state index in [1.165, 1.54) is 10.9 Å². The van der Waals surface area contributed by atoms with E-state index < -0.39 is 0 Å². The van der Waals surface area contributed by atoms with Crippen molar-refractivity contribution in [1.82, 2.24) is 14.0 Å². The molecular weight excluding hydrogens is 350 g/mol. The minimum atomic E-state index is 0.114. The number of carbonyl (C=O) groups excluding carboxylic acids is 1. The Morgan fingerprint density at radius 2 is 1.93 bits per heavy atom. The van der Waals surface area contributed by atoms with Crippen LogP contribution in [0.25, 0.3) is 21.9 Å². The number of ether oxygens (including phenoxy) is 1. The van der Waals surface area contributed by atoms with Crippen molar-refractivity contribution in [3.63, 3.8) is 0 Å². The highest BCUT2D eigenvalue weighted by Crippen LogP contribution is 2.34. The molecule has 5 heteroatoms. The van der Waals surface area contributed by atoms with E-state index in [4.69, 9.17) is 4.74 Å². The van der Waals surface area contributed by atoms with Gasteiger partial charge in [-0.3, -0.25) is 4.79 Å². The molecule has 0 bridgehead atoms. The van der Waals surface area contributed by atoms with Crippen LogP contribution in [0.1, 0.15) is 57.1 Å². The average molecular weight is 384 g/mol. The van der Waals surface area contributed by atoms with Gasteiger partial charge in [0.25, 0.3) is 5.91 Å². The molecule has 3 rings (SSSR count). The lowest BCUT2D eigenvalue weighted by Crippen LogP contribution is -2.33. The largest absolute Gasteiger partial charge is 0.383 e. The number of unbranched alkanes of at least 4 members (excludes halogenated alkanes) is 1. The highest BCUT2D eigenvalue weighted by molar-refractivity contribution is 6.10. The van der Waals surface area contributed by atoms with Gasteiger partial charge in [-0.15, -0.1) is 0 Å². The number of amides is 1. The molecule has 0 radical (unpaired) electrons. The second-order valence-corrected chi connectivity index (χ2v) is 7.63. The van der Waals surface area contributed by atoms with E-state index in [9.17, 15) is 4.79 Å². The van der Waals surface area contributed by atoms with Crippen LogP contribution in [0.5, 0.6) is 0 Å². The highest BCUT2D eigenvalue weighted by atomic mass is 16.5. The number of rotatable bonds is 9. The minimum absolute atomic E-state index is 0.114. The molecule has 0 spiro atoms. The number of aromatic nitrogens is 2. The molecule has 2 aromatic heterocycles. The van der Waals surface area contributed by atoms with Crippen LogP contribution in [0.2, 0.25) is 0 Å². The molecule has 5 nitrogen and oxygen atoms in total. The highest BCUT2D eigenvalue weighted by Gasteiger charge is 2.24. The van der Waals surface area contributed by atoms with Crippen LogP contribution in [0, 0.1) is 0 Å². The number of para-hydroxylation sites is 1. The molecule has 0 fully saturated rings. The van der Waals surface area contributed by atoms with Crippen molar-refractivity contribution in [3.8, 4) is 0 Å². The Morgan fingerprint density at radius 3 is 2.57 bits per heavy atom. The number of methoxy groups -OCH3 is 1. The molecule has 0 atom stereocenters. The first-order valence-electron chi connectivity index (χ1n) is 10.4. The summed E-state index contributed by atoms with van der Waals surface area (Å²) in [6, 6.07) is 10.9. The van der Waals surface area contributed by atoms with Gasteiger partial charge in [-0.2, -0.15) is 0 Å². The van der Waals surface area contributed by atoms with E-state index in [1.54, 1.807) is 7.11 Å². The lowest BCUT2D eigenvalue weighted by molar-refractivity contribution is 0.0749. The van der Waals surface area contributed by atoms with Crippen LogP contribution in [0.15, 0.2) is 30.3 Å². The first-order valence-corrected chi connectivity index (χ1v) is 10.4. The van der Waals surface area contributed by atoms with Crippen molar-refractivity contribution in [1.29, 1.82) is 0 Å². The standard InChI is InChI=1S/C23H33N3O2/c1-6-8-13-24(7-2)23(27)21-16-20-22(25(21)14-15-28-5)18-11-9-10-12-19(18)26(20)17(3)4/h9-12,16-17H,6-8,13-15H2,1-5H3. The molecule has 0 unspecified atom stereocenters. The summed E-state index contributed by atoms with van der Waals surface area (Å²) in [6.45, 7) is 11.4. The number of carbonyl (C=O) groups is 1. The zero-order valence-corrected chi connectivity index (χ0v) is 17.9. The molecule has 0 saturated heterocycles. The molecule has 152 valence electrons. The van der Waals surface area contributed by atoms with Crippen LogP contribution >= 0.6 is 0 Å². The fraction of sp³-hybridized carbons (Fsp3) is 0.522. The van der Waals surface area contributed by atoms with Gasteiger partial charge in [0, 0.05) is 38.2 Å². The van der Waals surface area contributed by atoms with Gasteiger partial charge >= 0.3 is 0 Å². The van der Waals surface area contributed by atoms with Crippen molar-refractivity contribution in [3.05, 3.63) is 36.0 Å². The van der Waals surface area contributed by atoms with Gasteiger partial charge in [0.05, 0.1) is 23.2 Å². The fourth-order valence-electron chi connectivity index (χ4n) is 4.08. The van der Waals surface area contributed by atoms with E-state index >= 15 is 0 Å². The van der Waals surface area contributed by atoms with Gasteiger partial charge in [0.1, 0.15) is 5.69 Å². The summed E-state index contributed by atoms with van der Waals surface area (Å²) in [6.07, 6.45) is 2.11. The number of hydrogen-bond donors (Lipinski definition) is 0. The Balaban J connectivity index is 2.22. The molecule has 0 aliphatic heterocycles. The second kappa shape index (κ2) is 8.82. The molecular formula is C23H33N3O2. The predicted molar refractivity (Wildman–Crippen MR) is 116 cm³/mol. The number of benzene rings is 1. The Bertz CT molecular complexity index is 952. The maximum absolute atomic E-state index is 13.4. The van der Waals surface area contributed by atoms with Crippen LogP contribution in [-0.4, -0.2) is 46.7 Å². The molecule has 0 saturated carbocycles. The molecule has 3 aromatic rings. The van der Waals surface area contributed by atoms with E-state index in [0.29, 0.717) is 19.2 Å². The molecule has 0 aliphatic carbocycles. The molecule has 1 amide bonds. The Hall–Kier alpha value is -2.27. The Labute approximate surface area is 167 Å². The third kappa shape index (κ3) is 3.55. The lowest BCUT2D eigenvalue weighted by atomic mass is 10.2. The van der Waals surface area contributed by atoms with Gasteiger partial charge in [-0.25, -0.2) is 0 Å². The third-order valence-electron chi connectivity index (χ3n) is 5.46. The Morgan fingerprint density at radius 1 is 1.18 bits per heavy atom. The number of nitrogens with zero attached hydrogens (tertiary/aromatic N) is 3. The van der Waals surface area contributed by atoms with Crippen molar-refractivity contribution < 1.29 is 9.53 Å². The van der Waals surface area contributed by atoms with Crippen LogP contribution in [-0.2, 0) is 11.3 Å². The summed E-state index contributed by atoms with van der Waals surface area (Å²) in [5.41, 5.74) is 4.24. The number of fused-ring (bicyclic) bond motifs is 3. The van der Waals surface area contributed by atoms with Gasteiger partial charge in [-0.1, -0.05) is 31.5 Å². The first kappa shape index (κ1) is 20.5. The summed E-state index contributed by atoms with van der Waals surface area (Å²) in [5, 5.41) is 1.19. The predicted octanol–water partition coefficient (Wildman–Crippen LogP) is 5.09. The average Bonchev–Trinajstić information content (AvgIpc) is 3.21. The Kier molecular flexibility index (Phi) is 6.45. The van der Waals surface area contributed by atoms with Crippen LogP contribution in [0.3, 0.4) is 0 Å². The van der Waals surface area contributed by atoms with Gasteiger partial charge in [0.2, 0.25) is 0 Å². The van der Waals surface area contributed by atoms with Gasteiger partial charge < -0.3 is 18.8 Å². The minimum Gasteiger partial charge on any atom is -0.383 e. The molecule has 0 N–H and O–H groups in total. The van der Waals surface area contributed by atoms with Crippen molar-refractivity contribution >= 4 is 27.8 Å². The summed E-state index contributed by atoms with van der Waals surface area (Å²) < 4.78 is 9.87. The van der Waals surface area contributed by atoms with E-state index in [1.807, 2.05) is 4.90 Å². The molecule has 28 heavy (non-hydrogen) atoms. The van der Waals surface area contributed by atoms with Gasteiger partial charge in [0.15, 0.2) is 0 Å². The fourth-order valence-corrected chi connectivity index (χ4v) is 4.08. The molecule has 0 aliphatic rings. The normalized spacial score (nSPS) is 11.8. The SMILES string of the molecule is CCCCN(CC)C(=O)c1cc2c(c3ccccc3n2C(C)C)n1CCOC. The van der Waals surface area contributed by atoms with Crippen LogP contribution in [0.4, 0.5) is 0 Å². The topological polar surface area (TPSA) is 39.4 Å². The summed E-state index contributed by atoms with van der Waals surface area (Å²) in [5.74, 6) is 0.114. The van der Waals surface area contributed by atoms with Crippen molar-refractivity contribution in [2.24, 2.45) is 0 Å². The molecule has 2 heterocycles. The number of hydrogen-bond acceptors (Lipinski definition) is 2. The van der Waals surface area contributed by atoms with Crippen molar-refractivity contribution in [2.75, 3.05) is 26.8 Å². The summed E-state index contributed by atoms with van der Waals surface area (Å²) in [4.78, 5) is 15.4. The van der Waals surface area contributed by atoms with E-state index in [-0.39, 0.29) is 5.91 Å². The zero-order chi connectivity index (χ0) is 20.3. The molecule has 1 aromatic carbocycles. The first-order chi connectivity index (χ1) is 13.5. The maximum atomic E-state index is 13.4. The lowest BCUT2D eigenvalue weighted by Gasteiger charge is -2.21. The van der Waals surface area contributed by atoms with E-state index in [2.05, 4.69) is 67.2 Å². The zero-order valence-electron chi connectivity index (χ0n) is 17.9. The van der Waals surface area contributed by atoms with E-state index in [0.717, 1.165) is 42.7 Å². The quantitative estimate of drug-likeness (QED) is 0.516. The summed E-state index contributed by atoms with van der Waals surface area (Å²) >= 11 is 0. The monoisotopic (exact) mass is 383 g/mol. The van der Waals surface area contributed by atoms with Crippen molar-refractivity contribution in [2.45, 2.75) is 53.1 Å². The third-order valence-corrected chi connectivity index (χ3v) is 5.46. The smallest absolute Gasteiger partial charge is 0.270 e. The van der Waals surface area contributed by atoms with Gasteiger partial charge in [-0.05, 0) is 39.3 Å². The second-order valence-electron chi connectivity index (χ2n) is 7.63. The maximum Gasteiger partial charge on any atom is 0.270 e.